The van der Waals surface area contributed by atoms with Gasteiger partial charge in [0.25, 0.3) is 0 Å². The number of aryl methyl sites for hydroxylation is 1. The van der Waals surface area contributed by atoms with Crippen LogP contribution in [0, 0.1) is 5.92 Å². The van der Waals surface area contributed by atoms with E-state index in [0.29, 0.717) is 6.04 Å². The molecule has 1 saturated heterocycles. The molecule has 90 valence electrons. The van der Waals surface area contributed by atoms with Crippen LogP contribution in [0.25, 0.3) is 0 Å². The summed E-state index contributed by atoms with van der Waals surface area (Å²) in [5.41, 5.74) is 1.20. The Labute approximate surface area is 102 Å². The van der Waals surface area contributed by atoms with E-state index in [2.05, 4.69) is 34.8 Å². The molecular weight excluding hydrogens is 218 g/mol. The molecule has 0 saturated carbocycles. The first-order valence-electron chi connectivity index (χ1n) is 6.21. The van der Waals surface area contributed by atoms with Crippen LogP contribution < -0.4 is 10.6 Å². The largest absolute Gasteiger partial charge is 0.359 e. The van der Waals surface area contributed by atoms with Crippen molar-refractivity contribution in [2.45, 2.75) is 39.2 Å². The number of hydrogen-bond donors (Lipinski definition) is 2. The van der Waals surface area contributed by atoms with Gasteiger partial charge < -0.3 is 10.6 Å². The standard InChI is InChI=1S/C12H21N3S/c1-3-11-8-16-12(15-11)14-9(2)10-5-4-6-13-7-10/h8-10,13H,3-7H2,1-2H3,(H,14,15). The first-order valence-corrected chi connectivity index (χ1v) is 7.09. The van der Waals surface area contributed by atoms with Gasteiger partial charge in [-0.15, -0.1) is 11.3 Å². The number of aromatic nitrogens is 1. The molecule has 4 heteroatoms. The Kier molecular flexibility index (Phi) is 4.18. The lowest BCUT2D eigenvalue weighted by Crippen LogP contribution is -2.38. The van der Waals surface area contributed by atoms with Gasteiger partial charge in [0.2, 0.25) is 0 Å². The van der Waals surface area contributed by atoms with Crippen LogP contribution in [0.15, 0.2) is 5.38 Å². The summed E-state index contributed by atoms with van der Waals surface area (Å²) in [6.07, 6.45) is 3.65. The summed E-state index contributed by atoms with van der Waals surface area (Å²) in [4.78, 5) is 4.55. The molecule has 1 fully saturated rings. The second kappa shape index (κ2) is 5.64. The maximum absolute atomic E-state index is 4.55. The molecule has 3 nitrogen and oxygen atoms in total. The summed E-state index contributed by atoms with van der Waals surface area (Å²) in [5.74, 6) is 0.739. The lowest BCUT2D eigenvalue weighted by Gasteiger charge is -2.28. The normalized spacial score (nSPS) is 23.0. The molecule has 2 heterocycles. The molecule has 0 aliphatic carbocycles. The van der Waals surface area contributed by atoms with Crippen molar-refractivity contribution in [1.82, 2.24) is 10.3 Å². The molecule has 1 aliphatic heterocycles. The highest BCUT2D eigenvalue weighted by Crippen LogP contribution is 2.21. The molecule has 1 aromatic rings. The zero-order chi connectivity index (χ0) is 11.4. The predicted molar refractivity (Wildman–Crippen MR) is 70.2 cm³/mol. The molecule has 0 aromatic carbocycles. The summed E-state index contributed by atoms with van der Waals surface area (Å²) < 4.78 is 0. The third-order valence-electron chi connectivity index (χ3n) is 3.31. The maximum atomic E-state index is 4.55. The quantitative estimate of drug-likeness (QED) is 0.847. The van der Waals surface area contributed by atoms with Crippen molar-refractivity contribution < 1.29 is 0 Å². The number of nitrogens with one attached hydrogen (secondary N) is 2. The molecule has 1 aliphatic rings. The minimum absolute atomic E-state index is 0.517. The van der Waals surface area contributed by atoms with Gasteiger partial charge in [-0.05, 0) is 45.2 Å². The molecule has 2 unspecified atom stereocenters. The number of piperidine rings is 1. The lowest BCUT2D eigenvalue weighted by molar-refractivity contribution is 0.347. The van der Waals surface area contributed by atoms with E-state index in [-0.39, 0.29) is 0 Å². The van der Waals surface area contributed by atoms with Crippen molar-refractivity contribution in [3.8, 4) is 0 Å². The Morgan fingerprint density at radius 1 is 1.69 bits per heavy atom. The second-order valence-corrected chi connectivity index (χ2v) is 5.40. The van der Waals surface area contributed by atoms with Crippen LogP contribution in [0.4, 0.5) is 5.13 Å². The van der Waals surface area contributed by atoms with E-state index in [9.17, 15) is 0 Å². The maximum Gasteiger partial charge on any atom is 0.183 e. The predicted octanol–water partition coefficient (Wildman–Crippen LogP) is 2.51. The Bertz CT molecular complexity index is 318. The first-order chi connectivity index (χ1) is 7.79. The van der Waals surface area contributed by atoms with E-state index in [1.54, 1.807) is 11.3 Å². The number of rotatable bonds is 4. The van der Waals surface area contributed by atoms with Crippen LogP contribution in [0.2, 0.25) is 0 Å². The van der Waals surface area contributed by atoms with Crippen LogP contribution in [0.1, 0.15) is 32.4 Å². The highest BCUT2D eigenvalue weighted by molar-refractivity contribution is 7.13. The van der Waals surface area contributed by atoms with Gasteiger partial charge in [-0.3, -0.25) is 0 Å². The number of nitrogens with zero attached hydrogens (tertiary/aromatic N) is 1. The van der Waals surface area contributed by atoms with Crippen LogP contribution >= 0.6 is 11.3 Å². The molecule has 0 amide bonds. The third-order valence-corrected chi connectivity index (χ3v) is 4.13. The summed E-state index contributed by atoms with van der Waals surface area (Å²) in [6, 6.07) is 0.517. The van der Waals surface area contributed by atoms with Crippen LogP contribution in [0.3, 0.4) is 0 Å². The van der Waals surface area contributed by atoms with E-state index < -0.39 is 0 Å². The minimum Gasteiger partial charge on any atom is -0.359 e. The first kappa shape index (κ1) is 11.9. The zero-order valence-electron chi connectivity index (χ0n) is 10.1. The van der Waals surface area contributed by atoms with Gasteiger partial charge in [0.05, 0.1) is 5.69 Å². The third kappa shape index (κ3) is 2.95. The van der Waals surface area contributed by atoms with Gasteiger partial charge in [0.15, 0.2) is 5.13 Å². The van der Waals surface area contributed by atoms with E-state index in [4.69, 9.17) is 0 Å². The molecule has 2 atom stereocenters. The summed E-state index contributed by atoms with van der Waals surface area (Å²) in [7, 11) is 0. The molecule has 2 N–H and O–H groups in total. The molecule has 0 radical (unpaired) electrons. The average molecular weight is 239 g/mol. The van der Waals surface area contributed by atoms with Crippen LogP contribution in [0.5, 0.6) is 0 Å². The molecule has 0 bridgehead atoms. The Hall–Kier alpha value is -0.610. The number of hydrogen-bond acceptors (Lipinski definition) is 4. The lowest BCUT2D eigenvalue weighted by atomic mass is 9.93. The summed E-state index contributed by atoms with van der Waals surface area (Å²) >= 11 is 1.72. The van der Waals surface area contributed by atoms with Crippen molar-refractivity contribution in [2.75, 3.05) is 18.4 Å². The SMILES string of the molecule is CCc1csc(NC(C)C2CCCNC2)n1. The Balaban J connectivity index is 1.87. The van der Waals surface area contributed by atoms with Gasteiger partial charge in [0.1, 0.15) is 0 Å². The van der Waals surface area contributed by atoms with Crippen molar-refractivity contribution >= 4 is 16.5 Å². The van der Waals surface area contributed by atoms with E-state index >= 15 is 0 Å². The average Bonchev–Trinajstić information content (AvgIpc) is 2.78. The van der Waals surface area contributed by atoms with Crippen molar-refractivity contribution in [2.24, 2.45) is 5.92 Å². The fourth-order valence-electron chi connectivity index (χ4n) is 2.15. The van der Waals surface area contributed by atoms with E-state index in [1.165, 1.54) is 25.1 Å². The van der Waals surface area contributed by atoms with Crippen molar-refractivity contribution in [1.29, 1.82) is 0 Å². The van der Waals surface area contributed by atoms with E-state index in [1.807, 2.05) is 0 Å². The highest BCUT2D eigenvalue weighted by Gasteiger charge is 2.20. The van der Waals surface area contributed by atoms with Crippen molar-refractivity contribution in [3.05, 3.63) is 11.1 Å². The van der Waals surface area contributed by atoms with Crippen molar-refractivity contribution in [3.63, 3.8) is 0 Å². The molecule has 0 spiro atoms. The second-order valence-electron chi connectivity index (χ2n) is 4.54. The Morgan fingerprint density at radius 3 is 3.19 bits per heavy atom. The van der Waals surface area contributed by atoms with Gasteiger partial charge >= 0.3 is 0 Å². The number of thiazole rings is 1. The summed E-state index contributed by atoms with van der Waals surface area (Å²) in [5, 5.41) is 10.2. The highest BCUT2D eigenvalue weighted by atomic mass is 32.1. The monoisotopic (exact) mass is 239 g/mol. The topological polar surface area (TPSA) is 37.0 Å². The molecular formula is C12H21N3S. The minimum atomic E-state index is 0.517. The molecule has 16 heavy (non-hydrogen) atoms. The van der Waals surface area contributed by atoms with Gasteiger partial charge in [-0.1, -0.05) is 6.92 Å². The number of anilines is 1. The smallest absolute Gasteiger partial charge is 0.183 e. The molecule has 1 aromatic heterocycles. The van der Waals surface area contributed by atoms with Gasteiger partial charge in [-0.25, -0.2) is 4.98 Å². The van der Waals surface area contributed by atoms with Crippen LogP contribution in [-0.4, -0.2) is 24.1 Å². The molecule has 2 rings (SSSR count). The van der Waals surface area contributed by atoms with Gasteiger partial charge in [-0.2, -0.15) is 0 Å². The fraction of sp³-hybridized carbons (Fsp3) is 0.750. The Morgan fingerprint density at radius 2 is 2.56 bits per heavy atom. The zero-order valence-corrected chi connectivity index (χ0v) is 10.9. The van der Waals surface area contributed by atoms with Gasteiger partial charge in [0, 0.05) is 11.4 Å². The van der Waals surface area contributed by atoms with Crippen LogP contribution in [-0.2, 0) is 6.42 Å². The summed E-state index contributed by atoms with van der Waals surface area (Å²) in [6.45, 7) is 6.73. The van der Waals surface area contributed by atoms with E-state index in [0.717, 1.165) is 24.0 Å². The fourth-order valence-corrected chi connectivity index (χ4v) is 3.04.